The average Bonchev–Trinajstić information content (AvgIpc) is 2.55. The van der Waals surface area contributed by atoms with Crippen LogP contribution >= 0.6 is 0 Å². The standard InChI is InChI=1S/C15H18O3/c1-11-12(2)15(17,18-14(11)16)10-6-9-13-7-4-3-5-8-13/h3-5,7-8,17H,6,9-10H2,1-2H3. The number of aryl methyl sites for hydroxylation is 1. The van der Waals surface area contributed by atoms with Crippen molar-refractivity contribution in [1.82, 2.24) is 0 Å². The summed E-state index contributed by atoms with van der Waals surface area (Å²) in [4.78, 5) is 11.4. The van der Waals surface area contributed by atoms with Crippen LogP contribution in [0.3, 0.4) is 0 Å². The molecule has 1 unspecified atom stereocenters. The molecule has 1 aromatic carbocycles. The number of cyclic esters (lactones) is 1. The lowest BCUT2D eigenvalue weighted by atomic mass is 9.98. The van der Waals surface area contributed by atoms with Crippen LogP contribution in [0, 0.1) is 0 Å². The highest BCUT2D eigenvalue weighted by molar-refractivity contribution is 5.91. The summed E-state index contributed by atoms with van der Waals surface area (Å²) in [6, 6.07) is 10.1. The van der Waals surface area contributed by atoms with E-state index in [4.69, 9.17) is 4.74 Å². The van der Waals surface area contributed by atoms with Crippen LogP contribution in [0.4, 0.5) is 0 Å². The molecule has 0 bridgehead atoms. The van der Waals surface area contributed by atoms with Gasteiger partial charge in [0.1, 0.15) is 0 Å². The second-order valence-electron chi connectivity index (χ2n) is 4.76. The number of hydrogen-bond acceptors (Lipinski definition) is 3. The number of hydrogen-bond donors (Lipinski definition) is 1. The zero-order valence-electron chi connectivity index (χ0n) is 10.8. The van der Waals surface area contributed by atoms with Crippen molar-refractivity contribution in [3.05, 3.63) is 47.0 Å². The highest BCUT2D eigenvalue weighted by Crippen LogP contribution is 2.34. The van der Waals surface area contributed by atoms with Crippen molar-refractivity contribution in [2.45, 2.75) is 38.9 Å². The van der Waals surface area contributed by atoms with Gasteiger partial charge in [-0.2, -0.15) is 0 Å². The number of esters is 1. The number of carbonyl (C=O) groups is 1. The second kappa shape index (κ2) is 4.94. The number of rotatable bonds is 4. The second-order valence-corrected chi connectivity index (χ2v) is 4.76. The lowest BCUT2D eigenvalue weighted by molar-refractivity contribution is -0.183. The summed E-state index contributed by atoms with van der Waals surface area (Å²) in [5, 5.41) is 10.3. The molecule has 1 aliphatic rings. The third kappa shape index (κ3) is 2.46. The Morgan fingerprint density at radius 1 is 1.22 bits per heavy atom. The molecule has 1 aromatic rings. The van der Waals surface area contributed by atoms with Gasteiger partial charge in [-0.25, -0.2) is 4.79 Å². The van der Waals surface area contributed by atoms with Crippen LogP contribution in [0.5, 0.6) is 0 Å². The fourth-order valence-electron chi connectivity index (χ4n) is 2.17. The van der Waals surface area contributed by atoms with Gasteiger partial charge in [0.25, 0.3) is 0 Å². The van der Waals surface area contributed by atoms with Gasteiger partial charge in [-0.05, 0) is 32.3 Å². The minimum atomic E-state index is -1.39. The van der Waals surface area contributed by atoms with E-state index >= 15 is 0 Å². The van der Waals surface area contributed by atoms with E-state index in [-0.39, 0.29) is 0 Å². The van der Waals surface area contributed by atoms with Crippen molar-refractivity contribution >= 4 is 5.97 Å². The summed E-state index contributed by atoms with van der Waals surface area (Å²) in [6.45, 7) is 3.44. The van der Waals surface area contributed by atoms with Crippen molar-refractivity contribution in [3.63, 3.8) is 0 Å². The van der Waals surface area contributed by atoms with Gasteiger partial charge in [0.15, 0.2) is 0 Å². The van der Waals surface area contributed by atoms with Gasteiger partial charge in [0, 0.05) is 17.6 Å². The lowest BCUT2D eigenvalue weighted by Gasteiger charge is -2.23. The van der Waals surface area contributed by atoms with Gasteiger partial charge in [-0.15, -0.1) is 0 Å². The van der Waals surface area contributed by atoms with Crippen molar-refractivity contribution in [2.24, 2.45) is 0 Å². The smallest absolute Gasteiger partial charge is 0.336 e. The number of aliphatic hydroxyl groups is 1. The van der Waals surface area contributed by atoms with Crippen molar-refractivity contribution in [3.8, 4) is 0 Å². The van der Waals surface area contributed by atoms with Gasteiger partial charge in [-0.3, -0.25) is 0 Å². The number of ether oxygens (including phenoxy) is 1. The Bertz CT molecular complexity index is 476. The van der Waals surface area contributed by atoms with E-state index in [9.17, 15) is 9.90 Å². The van der Waals surface area contributed by atoms with E-state index in [1.54, 1.807) is 13.8 Å². The predicted molar refractivity (Wildman–Crippen MR) is 68.8 cm³/mol. The van der Waals surface area contributed by atoms with Gasteiger partial charge >= 0.3 is 5.97 Å². The van der Waals surface area contributed by atoms with Gasteiger partial charge in [0.05, 0.1) is 0 Å². The molecule has 0 spiro atoms. The van der Waals surface area contributed by atoms with Crippen LogP contribution in [0.25, 0.3) is 0 Å². The third-order valence-electron chi connectivity index (χ3n) is 3.54. The van der Waals surface area contributed by atoms with Crippen LogP contribution < -0.4 is 0 Å². The molecule has 0 fully saturated rings. The van der Waals surface area contributed by atoms with E-state index in [0.29, 0.717) is 17.6 Å². The molecular weight excluding hydrogens is 228 g/mol. The Kier molecular flexibility index (Phi) is 3.53. The fraction of sp³-hybridized carbons (Fsp3) is 0.400. The van der Waals surface area contributed by atoms with Gasteiger partial charge in [-0.1, -0.05) is 30.3 Å². The zero-order valence-corrected chi connectivity index (χ0v) is 10.8. The molecule has 18 heavy (non-hydrogen) atoms. The summed E-state index contributed by atoms with van der Waals surface area (Å²) in [7, 11) is 0. The van der Waals surface area contributed by atoms with E-state index in [0.717, 1.165) is 12.8 Å². The highest BCUT2D eigenvalue weighted by atomic mass is 16.7. The Morgan fingerprint density at radius 3 is 2.44 bits per heavy atom. The molecule has 0 aliphatic carbocycles. The molecular formula is C15H18O3. The van der Waals surface area contributed by atoms with Crippen molar-refractivity contribution in [1.29, 1.82) is 0 Å². The van der Waals surface area contributed by atoms with E-state index in [2.05, 4.69) is 12.1 Å². The zero-order chi connectivity index (χ0) is 13.2. The predicted octanol–water partition coefficient (Wildman–Crippen LogP) is 2.59. The van der Waals surface area contributed by atoms with E-state index in [1.807, 2.05) is 18.2 Å². The first-order valence-electron chi connectivity index (χ1n) is 6.20. The van der Waals surface area contributed by atoms with Crippen LogP contribution in [-0.2, 0) is 16.0 Å². The SMILES string of the molecule is CC1=C(C)C(O)(CCCc2ccccc2)OC1=O. The van der Waals surface area contributed by atoms with Crippen molar-refractivity contribution in [2.75, 3.05) is 0 Å². The topological polar surface area (TPSA) is 46.5 Å². The normalized spacial score (nSPS) is 23.4. The first-order valence-corrected chi connectivity index (χ1v) is 6.20. The van der Waals surface area contributed by atoms with Crippen molar-refractivity contribution < 1.29 is 14.6 Å². The van der Waals surface area contributed by atoms with Crippen LogP contribution in [-0.4, -0.2) is 16.9 Å². The lowest BCUT2D eigenvalue weighted by Crippen LogP contribution is -2.30. The largest absolute Gasteiger partial charge is 0.426 e. The Labute approximate surface area is 107 Å². The summed E-state index contributed by atoms with van der Waals surface area (Å²) < 4.78 is 5.05. The molecule has 1 N–H and O–H groups in total. The van der Waals surface area contributed by atoms with Crippen LogP contribution in [0.15, 0.2) is 41.5 Å². The molecule has 1 aliphatic heterocycles. The van der Waals surface area contributed by atoms with Crippen LogP contribution in [0.2, 0.25) is 0 Å². The number of carbonyl (C=O) groups excluding carboxylic acids is 1. The van der Waals surface area contributed by atoms with Gasteiger partial charge < -0.3 is 9.84 Å². The Balaban J connectivity index is 1.93. The molecule has 2 rings (SSSR count). The third-order valence-corrected chi connectivity index (χ3v) is 3.54. The molecule has 0 radical (unpaired) electrons. The quantitative estimate of drug-likeness (QED) is 0.831. The first kappa shape index (κ1) is 12.8. The maximum Gasteiger partial charge on any atom is 0.336 e. The average molecular weight is 246 g/mol. The molecule has 1 heterocycles. The summed E-state index contributed by atoms with van der Waals surface area (Å²) >= 11 is 0. The highest BCUT2D eigenvalue weighted by Gasteiger charge is 2.41. The first-order chi connectivity index (χ1) is 8.53. The Hall–Kier alpha value is -1.61. The maximum absolute atomic E-state index is 11.4. The molecule has 3 heteroatoms. The van der Waals surface area contributed by atoms with Gasteiger partial charge in [0.2, 0.25) is 5.79 Å². The molecule has 3 nitrogen and oxygen atoms in total. The molecule has 0 aromatic heterocycles. The molecule has 0 amide bonds. The molecule has 96 valence electrons. The van der Waals surface area contributed by atoms with Crippen LogP contribution in [0.1, 0.15) is 32.3 Å². The maximum atomic E-state index is 11.4. The molecule has 0 saturated heterocycles. The molecule has 0 saturated carbocycles. The monoisotopic (exact) mass is 246 g/mol. The minimum Gasteiger partial charge on any atom is -0.426 e. The summed E-state index contributed by atoms with van der Waals surface area (Å²) in [6.07, 6.45) is 2.09. The summed E-state index contributed by atoms with van der Waals surface area (Å²) in [5.41, 5.74) is 2.39. The van der Waals surface area contributed by atoms with E-state index in [1.165, 1.54) is 5.56 Å². The number of benzene rings is 1. The Morgan fingerprint density at radius 2 is 1.89 bits per heavy atom. The fourth-order valence-corrected chi connectivity index (χ4v) is 2.17. The van der Waals surface area contributed by atoms with E-state index < -0.39 is 11.8 Å². The molecule has 1 atom stereocenters. The summed E-state index contributed by atoms with van der Waals surface area (Å²) in [5.74, 6) is -1.80. The minimum absolute atomic E-state index is 0.408.